The molecule has 0 unspecified atom stereocenters. The van der Waals surface area contributed by atoms with Crippen molar-refractivity contribution in [1.29, 1.82) is 0 Å². The van der Waals surface area contributed by atoms with E-state index in [-0.39, 0.29) is 5.56 Å². The summed E-state index contributed by atoms with van der Waals surface area (Å²) in [5.41, 5.74) is 4.43. The molecule has 0 radical (unpaired) electrons. The Morgan fingerprint density at radius 2 is 2.05 bits per heavy atom. The van der Waals surface area contributed by atoms with Crippen LogP contribution in [0.1, 0.15) is 11.3 Å². The molecule has 0 aliphatic rings. The first kappa shape index (κ1) is 12.5. The zero-order chi connectivity index (χ0) is 14.3. The predicted molar refractivity (Wildman–Crippen MR) is 80.5 cm³/mol. The molecule has 2 aromatic heterocycles. The fourth-order valence-corrected chi connectivity index (χ4v) is 2.28. The van der Waals surface area contributed by atoms with Crippen LogP contribution in [0, 0.1) is 13.8 Å². The number of aromatic amines is 1. The van der Waals surface area contributed by atoms with Crippen molar-refractivity contribution < 1.29 is 0 Å². The van der Waals surface area contributed by atoms with Gasteiger partial charge in [-0.15, -0.1) is 0 Å². The summed E-state index contributed by atoms with van der Waals surface area (Å²) in [4.78, 5) is 15.1. The molecule has 0 aliphatic heterocycles. The van der Waals surface area contributed by atoms with Crippen molar-refractivity contribution in [3.05, 3.63) is 52.1 Å². The maximum atomic E-state index is 11.8. The number of hydrogen-bond acceptors (Lipinski definition) is 3. The van der Waals surface area contributed by atoms with Crippen molar-refractivity contribution >= 4 is 22.3 Å². The highest BCUT2D eigenvalue weighted by molar-refractivity contribution is 5.84. The van der Waals surface area contributed by atoms with Crippen molar-refractivity contribution in [1.82, 2.24) is 14.8 Å². The molecular formula is C15H16N4O. The molecule has 5 nitrogen and oxygen atoms in total. The minimum atomic E-state index is -0.0909. The Bertz CT molecular complexity index is 845. The third-order valence-corrected chi connectivity index (χ3v) is 3.41. The number of fused-ring (bicyclic) bond motifs is 1. The molecule has 0 saturated heterocycles. The van der Waals surface area contributed by atoms with Crippen LogP contribution in [0.5, 0.6) is 0 Å². The Morgan fingerprint density at radius 3 is 2.85 bits per heavy atom. The van der Waals surface area contributed by atoms with E-state index in [0.717, 1.165) is 22.6 Å². The van der Waals surface area contributed by atoms with Crippen LogP contribution in [0.25, 0.3) is 10.9 Å². The molecule has 102 valence electrons. The largest absolute Gasteiger partial charge is 0.359 e. The van der Waals surface area contributed by atoms with E-state index < -0.39 is 0 Å². The smallest absolute Gasteiger partial charge is 0.271 e. The van der Waals surface area contributed by atoms with Crippen LogP contribution in [0.2, 0.25) is 0 Å². The molecule has 0 spiro atoms. The second-order valence-electron chi connectivity index (χ2n) is 4.99. The summed E-state index contributed by atoms with van der Waals surface area (Å²) in [6, 6.07) is 8.17. The molecule has 3 aromatic rings. The van der Waals surface area contributed by atoms with Gasteiger partial charge in [-0.25, -0.2) is 4.68 Å². The monoisotopic (exact) mass is 268 g/mol. The zero-order valence-electron chi connectivity index (χ0n) is 11.7. The van der Waals surface area contributed by atoms with Gasteiger partial charge in [-0.05, 0) is 37.4 Å². The Labute approximate surface area is 116 Å². The normalized spacial score (nSPS) is 10.9. The van der Waals surface area contributed by atoms with Crippen LogP contribution in [0.3, 0.4) is 0 Å². The number of rotatable bonds is 2. The van der Waals surface area contributed by atoms with Crippen LogP contribution >= 0.6 is 0 Å². The van der Waals surface area contributed by atoms with Crippen LogP contribution in [0.4, 0.5) is 11.4 Å². The van der Waals surface area contributed by atoms with Crippen LogP contribution in [-0.2, 0) is 7.05 Å². The maximum Gasteiger partial charge on any atom is 0.271 e. The van der Waals surface area contributed by atoms with E-state index in [9.17, 15) is 4.79 Å². The fraction of sp³-hybridized carbons (Fsp3) is 0.200. The molecule has 2 heterocycles. The Hall–Kier alpha value is -2.56. The molecule has 0 aliphatic carbocycles. The zero-order valence-corrected chi connectivity index (χ0v) is 11.7. The first-order valence-electron chi connectivity index (χ1n) is 6.44. The van der Waals surface area contributed by atoms with E-state index in [1.54, 1.807) is 20.2 Å². The highest BCUT2D eigenvalue weighted by Gasteiger charge is 2.06. The van der Waals surface area contributed by atoms with Crippen molar-refractivity contribution in [2.75, 3.05) is 5.32 Å². The average molecular weight is 268 g/mol. The lowest BCUT2D eigenvalue weighted by atomic mass is 10.2. The van der Waals surface area contributed by atoms with Crippen LogP contribution < -0.4 is 10.9 Å². The van der Waals surface area contributed by atoms with Crippen LogP contribution in [0.15, 0.2) is 35.3 Å². The molecule has 2 N–H and O–H groups in total. The topological polar surface area (TPSA) is 62.7 Å². The highest BCUT2D eigenvalue weighted by atomic mass is 16.1. The average Bonchev–Trinajstić information content (AvgIpc) is 2.79. The minimum Gasteiger partial charge on any atom is -0.359 e. The Morgan fingerprint density at radius 1 is 1.25 bits per heavy atom. The number of nitrogens with one attached hydrogen (secondary N) is 2. The molecule has 20 heavy (non-hydrogen) atoms. The van der Waals surface area contributed by atoms with Gasteiger partial charge in [-0.1, -0.05) is 6.07 Å². The molecule has 3 rings (SSSR count). The van der Waals surface area contributed by atoms with Gasteiger partial charge in [0.2, 0.25) is 0 Å². The third-order valence-electron chi connectivity index (χ3n) is 3.41. The predicted octanol–water partition coefficient (Wildman–Crippen LogP) is 2.62. The Kier molecular flexibility index (Phi) is 2.82. The van der Waals surface area contributed by atoms with Gasteiger partial charge >= 0.3 is 0 Å². The summed E-state index contributed by atoms with van der Waals surface area (Å²) in [6.07, 6.45) is 1.67. The van der Waals surface area contributed by atoms with Crippen LogP contribution in [-0.4, -0.2) is 14.8 Å². The number of hydrogen-bond donors (Lipinski definition) is 2. The molecule has 0 bridgehead atoms. The lowest BCUT2D eigenvalue weighted by molar-refractivity contribution is 0.702. The van der Waals surface area contributed by atoms with Gasteiger partial charge in [-0.2, -0.15) is 5.10 Å². The first-order valence-corrected chi connectivity index (χ1v) is 6.44. The number of aryl methyl sites for hydroxylation is 2. The van der Waals surface area contributed by atoms with E-state index in [0.29, 0.717) is 5.56 Å². The number of aromatic nitrogens is 3. The lowest BCUT2D eigenvalue weighted by Gasteiger charge is -2.09. The molecule has 5 heteroatoms. The summed E-state index contributed by atoms with van der Waals surface area (Å²) < 4.78 is 1.33. The Balaban J connectivity index is 2.00. The summed E-state index contributed by atoms with van der Waals surface area (Å²) in [6.45, 7) is 3.83. The molecule has 0 amide bonds. The molecule has 0 saturated carbocycles. The maximum absolute atomic E-state index is 11.8. The molecule has 0 fully saturated rings. The van der Waals surface area contributed by atoms with Gasteiger partial charge in [0.25, 0.3) is 5.56 Å². The van der Waals surface area contributed by atoms with Gasteiger partial charge in [0.05, 0.1) is 11.9 Å². The summed E-state index contributed by atoms with van der Waals surface area (Å²) in [5.74, 6) is 0. The number of H-pyrrole nitrogens is 1. The summed E-state index contributed by atoms with van der Waals surface area (Å²) in [7, 11) is 1.65. The van der Waals surface area contributed by atoms with Gasteiger partial charge in [0.15, 0.2) is 0 Å². The summed E-state index contributed by atoms with van der Waals surface area (Å²) in [5, 5.41) is 8.45. The quantitative estimate of drug-likeness (QED) is 0.751. The van der Waals surface area contributed by atoms with E-state index in [1.807, 2.05) is 25.1 Å². The van der Waals surface area contributed by atoms with Gasteiger partial charge < -0.3 is 10.3 Å². The number of anilines is 2. The molecule has 1 aromatic carbocycles. The standard InChI is InChI=1S/C15H16N4O/c1-9-6-11-4-5-12(7-13(11)17-9)18-14-8-16-19(3)15(20)10(14)2/h4-8,17-18H,1-3H3. The van der Waals surface area contributed by atoms with Crippen molar-refractivity contribution in [2.24, 2.45) is 7.05 Å². The third kappa shape index (κ3) is 2.07. The summed E-state index contributed by atoms with van der Waals surface area (Å²) >= 11 is 0. The fourth-order valence-electron chi connectivity index (χ4n) is 2.28. The highest BCUT2D eigenvalue weighted by Crippen LogP contribution is 2.23. The first-order chi connectivity index (χ1) is 9.54. The lowest BCUT2D eigenvalue weighted by Crippen LogP contribution is -2.22. The van der Waals surface area contributed by atoms with Crippen molar-refractivity contribution in [2.45, 2.75) is 13.8 Å². The van der Waals surface area contributed by atoms with Crippen molar-refractivity contribution in [3.8, 4) is 0 Å². The van der Waals surface area contributed by atoms with Gasteiger partial charge in [0.1, 0.15) is 0 Å². The second-order valence-corrected chi connectivity index (χ2v) is 4.99. The van der Waals surface area contributed by atoms with E-state index in [4.69, 9.17) is 0 Å². The second kappa shape index (κ2) is 4.52. The van der Waals surface area contributed by atoms with E-state index >= 15 is 0 Å². The number of benzene rings is 1. The van der Waals surface area contributed by atoms with Crippen molar-refractivity contribution in [3.63, 3.8) is 0 Å². The molecular weight excluding hydrogens is 252 g/mol. The SMILES string of the molecule is Cc1cc2ccc(Nc3cnn(C)c(=O)c3C)cc2[nH]1. The minimum absolute atomic E-state index is 0.0909. The van der Waals surface area contributed by atoms with Gasteiger partial charge in [0, 0.05) is 29.5 Å². The number of nitrogens with zero attached hydrogens (tertiary/aromatic N) is 2. The van der Waals surface area contributed by atoms with E-state index in [1.165, 1.54) is 10.1 Å². The van der Waals surface area contributed by atoms with E-state index in [2.05, 4.69) is 21.5 Å². The van der Waals surface area contributed by atoms with Gasteiger partial charge in [-0.3, -0.25) is 4.79 Å². The molecule has 0 atom stereocenters.